The van der Waals surface area contributed by atoms with Gasteiger partial charge in [0.25, 0.3) is 5.91 Å². The first-order chi connectivity index (χ1) is 10.0. The highest BCUT2D eigenvalue weighted by Gasteiger charge is 2.07. The Morgan fingerprint density at radius 2 is 1.67 bits per heavy atom. The highest BCUT2D eigenvalue weighted by Crippen LogP contribution is 2.05. The molecule has 1 aromatic carbocycles. The molecule has 1 aromatic rings. The van der Waals surface area contributed by atoms with Crippen LogP contribution in [0.5, 0.6) is 0 Å². The second-order valence-corrected chi connectivity index (χ2v) is 4.53. The molecule has 0 unspecified atom stereocenters. The summed E-state index contributed by atoms with van der Waals surface area (Å²) >= 11 is 0. The molecule has 0 atom stereocenters. The third kappa shape index (κ3) is 6.07. The predicted octanol–water partition coefficient (Wildman–Crippen LogP) is 1.85. The van der Waals surface area contributed by atoms with Gasteiger partial charge in [-0.2, -0.15) is 0 Å². The number of benzene rings is 1. The van der Waals surface area contributed by atoms with Crippen LogP contribution in [0.1, 0.15) is 46.4 Å². The molecule has 114 valence electrons. The molecule has 6 heteroatoms. The lowest BCUT2D eigenvalue weighted by atomic mass is 10.1. The van der Waals surface area contributed by atoms with Crippen molar-refractivity contribution in [2.75, 3.05) is 13.7 Å². The summed E-state index contributed by atoms with van der Waals surface area (Å²) in [5.41, 5.74) is 0.573. The minimum Gasteiger partial charge on any atom is -0.478 e. The van der Waals surface area contributed by atoms with Gasteiger partial charge in [-0.15, -0.1) is 0 Å². The summed E-state index contributed by atoms with van der Waals surface area (Å²) in [6, 6.07) is 5.76. The van der Waals surface area contributed by atoms with Gasteiger partial charge in [0, 0.05) is 18.5 Å². The van der Waals surface area contributed by atoms with Crippen molar-refractivity contribution in [1.82, 2.24) is 5.32 Å². The van der Waals surface area contributed by atoms with Crippen molar-refractivity contribution >= 4 is 17.8 Å². The highest BCUT2D eigenvalue weighted by molar-refractivity contribution is 5.95. The van der Waals surface area contributed by atoms with E-state index in [1.165, 1.54) is 31.4 Å². The lowest BCUT2D eigenvalue weighted by Gasteiger charge is -2.05. The smallest absolute Gasteiger partial charge is 0.335 e. The molecule has 0 saturated heterocycles. The van der Waals surface area contributed by atoms with Crippen molar-refractivity contribution in [3.8, 4) is 0 Å². The van der Waals surface area contributed by atoms with E-state index in [-0.39, 0.29) is 17.4 Å². The molecule has 21 heavy (non-hydrogen) atoms. The van der Waals surface area contributed by atoms with Crippen LogP contribution in [0.25, 0.3) is 0 Å². The van der Waals surface area contributed by atoms with E-state index in [0.29, 0.717) is 18.5 Å². The first kappa shape index (κ1) is 16.7. The van der Waals surface area contributed by atoms with Crippen LogP contribution in [0.2, 0.25) is 0 Å². The Morgan fingerprint density at radius 1 is 1.05 bits per heavy atom. The molecule has 0 aromatic heterocycles. The van der Waals surface area contributed by atoms with Gasteiger partial charge in [0.15, 0.2) is 0 Å². The number of hydrogen-bond acceptors (Lipinski definition) is 4. The van der Waals surface area contributed by atoms with Crippen molar-refractivity contribution in [1.29, 1.82) is 0 Å². The minimum absolute atomic E-state index is 0.148. The number of carboxylic acids is 1. The van der Waals surface area contributed by atoms with Crippen LogP contribution in [0.4, 0.5) is 0 Å². The number of esters is 1. The minimum atomic E-state index is -1.02. The van der Waals surface area contributed by atoms with Crippen LogP contribution in [0.3, 0.4) is 0 Å². The maximum Gasteiger partial charge on any atom is 0.335 e. The van der Waals surface area contributed by atoms with E-state index >= 15 is 0 Å². The van der Waals surface area contributed by atoms with Crippen LogP contribution >= 0.6 is 0 Å². The molecule has 2 N–H and O–H groups in total. The summed E-state index contributed by atoms with van der Waals surface area (Å²) in [5, 5.41) is 11.5. The van der Waals surface area contributed by atoms with Crippen LogP contribution in [-0.4, -0.2) is 36.6 Å². The fraction of sp³-hybridized carbons (Fsp3) is 0.400. The van der Waals surface area contributed by atoms with Gasteiger partial charge in [-0.3, -0.25) is 9.59 Å². The zero-order chi connectivity index (χ0) is 15.7. The number of carbonyl (C=O) groups is 3. The number of carboxylic acid groups (broad SMARTS) is 1. The Morgan fingerprint density at radius 3 is 2.24 bits per heavy atom. The van der Waals surface area contributed by atoms with Gasteiger partial charge in [0.05, 0.1) is 12.7 Å². The van der Waals surface area contributed by atoms with E-state index < -0.39 is 5.97 Å². The molecule has 0 aliphatic carbocycles. The summed E-state index contributed by atoms with van der Waals surface area (Å²) in [5.74, 6) is -1.48. The number of nitrogens with one attached hydrogen (secondary N) is 1. The molecule has 0 radical (unpaired) electrons. The Hall–Kier alpha value is -2.37. The Balaban J connectivity index is 2.24. The van der Waals surface area contributed by atoms with Crippen molar-refractivity contribution in [3.63, 3.8) is 0 Å². The van der Waals surface area contributed by atoms with Crippen molar-refractivity contribution in [2.24, 2.45) is 0 Å². The number of aromatic carboxylic acids is 1. The zero-order valence-corrected chi connectivity index (χ0v) is 11.9. The molecule has 0 spiro atoms. The first-order valence-electron chi connectivity index (χ1n) is 6.73. The number of rotatable bonds is 8. The zero-order valence-electron chi connectivity index (χ0n) is 11.9. The predicted molar refractivity (Wildman–Crippen MR) is 76.2 cm³/mol. The summed E-state index contributed by atoms with van der Waals surface area (Å²) in [4.78, 5) is 33.4. The SMILES string of the molecule is COC(=O)CCCCCNC(=O)c1ccc(C(=O)O)cc1. The lowest BCUT2D eigenvalue weighted by Crippen LogP contribution is -2.24. The van der Waals surface area contributed by atoms with E-state index in [4.69, 9.17) is 5.11 Å². The summed E-state index contributed by atoms with van der Waals surface area (Å²) in [7, 11) is 1.36. The van der Waals surface area contributed by atoms with E-state index in [2.05, 4.69) is 10.1 Å². The Bertz CT molecular complexity index is 495. The maximum atomic E-state index is 11.8. The molecule has 0 aliphatic heterocycles. The van der Waals surface area contributed by atoms with Gasteiger partial charge in [-0.05, 0) is 37.1 Å². The van der Waals surface area contributed by atoms with Gasteiger partial charge < -0.3 is 15.2 Å². The van der Waals surface area contributed by atoms with E-state index in [9.17, 15) is 14.4 Å². The number of carbonyl (C=O) groups excluding carboxylic acids is 2. The van der Waals surface area contributed by atoms with Crippen LogP contribution in [-0.2, 0) is 9.53 Å². The van der Waals surface area contributed by atoms with Crippen LogP contribution < -0.4 is 5.32 Å². The molecule has 1 amide bonds. The highest BCUT2D eigenvalue weighted by atomic mass is 16.5. The van der Waals surface area contributed by atoms with Gasteiger partial charge >= 0.3 is 11.9 Å². The average Bonchev–Trinajstić information content (AvgIpc) is 2.50. The lowest BCUT2D eigenvalue weighted by molar-refractivity contribution is -0.140. The molecule has 0 fully saturated rings. The van der Waals surface area contributed by atoms with Crippen molar-refractivity contribution in [3.05, 3.63) is 35.4 Å². The third-order valence-electron chi connectivity index (χ3n) is 2.96. The second-order valence-electron chi connectivity index (χ2n) is 4.53. The van der Waals surface area contributed by atoms with E-state index in [1.54, 1.807) is 0 Å². The molecule has 6 nitrogen and oxygen atoms in total. The topological polar surface area (TPSA) is 92.7 Å². The van der Waals surface area contributed by atoms with Gasteiger partial charge in [-0.25, -0.2) is 4.79 Å². The van der Waals surface area contributed by atoms with Gasteiger partial charge in [0.2, 0.25) is 0 Å². The quantitative estimate of drug-likeness (QED) is 0.563. The first-order valence-corrected chi connectivity index (χ1v) is 6.73. The Kier molecular flexibility index (Phi) is 6.94. The summed E-state index contributed by atoms with van der Waals surface area (Å²) in [6.07, 6.45) is 2.72. The maximum absolute atomic E-state index is 11.8. The average molecular weight is 293 g/mol. The fourth-order valence-corrected chi connectivity index (χ4v) is 1.74. The van der Waals surface area contributed by atoms with E-state index in [1.807, 2.05) is 0 Å². The fourth-order valence-electron chi connectivity index (χ4n) is 1.74. The summed E-state index contributed by atoms with van der Waals surface area (Å²) < 4.78 is 4.53. The standard InChI is InChI=1S/C15H19NO5/c1-21-13(17)5-3-2-4-10-16-14(18)11-6-8-12(9-7-11)15(19)20/h6-9H,2-5,10H2,1H3,(H,16,18)(H,19,20). The van der Waals surface area contributed by atoms with Crippen molar-refractivity contribution in [2.45, 2.75) is 25.7 Å². The van der Waals surface area contributed by atoms with Gasteiger partial charge in [0.1, 0.15) is 0 Å². The molecular weight excluding hydrogens is 274 g/mol. The molecule has 0 bridgehead atoms. The molecule has 0 aliphatic rings. The number of unbranched alkanes of at least 4 members (excludes halogenated alkanes) is 2. The molecule has 0 saturated carbocycles. The van der Waals surface area contributed by atoms with Crippen molar-refractivity contribution < 1.29 is 24.2 Å². The largest absolute Gasteiger partial charge is 0.478 e. The molecule has 0 heterocycles. The van der Waals surface area contributed by atoms with Crippen LogP contribution in [0.15, 0.2) is 24.3 Å². The number of amides is 1. The normalized spacial score (nSPS) is 9.95. The third-order valence-corrected chi connectivity index (χ3v) is 2.96. The molecule has 1 rings (SSSR count). The summed E-state index contributed by atoms with van der Waals surface area (Å²) in [6.45, 7) is 0.515. The molecular formula is C15H19NO5. The monoisotopic (exact) mass is 293 g/mol. The number of hydrogen-bond donors (Lipinski definition) is 2. The van der Waals surface area contributed by atoms with E-state index in [0.717, 1.165) is 19.3 Å². The number of methoxy groups -OCH3 is 1. The van der Waals surface area contributed by atoms with Gasteiger partial charge in [-0.1, -0.05) is 6.42 Å². The second kappa shape index (κ2) is 8.73. The Labute approximate surface area is 123 Å². The number of ether oxygens (including phenoxy) is 1. The van der Waals surface area contributed by atoms with Crippen LogP contribution in [0, 0.1) is 0 Å².